The van der Waals surface area contributed by atoms with Gasteiger partial charge in [0.2, 0.25) is 0 Å². The first kappa shape index (κ1) is 26.7. The number of nitrogens with one attached hydrogen (secondary N) is 2. The minimum atomic E-state index is -4.14. The first-order valence-electron chi connectivity index (χ1n) is 9.58. The molecule has 2 N–H and O–H groups in total. The molecule has 0 aromatic carbocycles. The van der Waals surface area contributed by atoms with Crippen molar-refractivity contribution in [3.63, 3.8) is 0 Å². The Morgan fingerprint density at radius 2 is 1.89 bits per heavy atom. The second kappa shape index (κ2) is 13.8. The Hall–Kier alpha value is -0.290. The summed E-state index contributed by atoms with van der Waals surface area (Å²) in [7, 11) is 3.20. The van der Waals surface area contributed by atoms with Crippen molar-refractivity contribution in [3.05, 3.63) is 0 Å². The largest absolute Gasteiger partial charge is 0.401 e. The third-order valence-corrected chi connectivity index (χ3v) is 4.96. The van der Waals surface area contributed by atoms with Crippen LogP contribution in [-0.2, 0) is 4.74 Å². The fourth-order valence-corrected chi connectivity index (χ4v) is 3.51. The van der Waals surface area contributed by atoms with E-state index in [2.05, 4.69) is 15.6 Å². The molecular weight excluding hydrogens is 472 g/mol. The second-order valence-electron chi connectivity index (χ2n) is 7.21. The van der Waals surface area contributed by atoms with Gasteiger partial charge in [0, 0.05) is 33.4 Å². The van der Waals surface area contributed by atoms with E-state index in [0.717, 1.165) is 26.2 Å². The van der Waals surface area contributed by atoms with Gasteiger partial charge in [-0.25, -0.2) is 0 Å². The third-order valence-electron chi connectivity index (χ3n) is 4.96. The maximum Gasteiger partial charge on any atom is 0.401 e. The van der Waals surface area contributed by atoms with Crippen molar-refractivity contribution in [1.29, 1.82) is 0 Å². The van der Waals surface area contributed by atoms with E-state index in [0.29, 0.717) is 25.5 Å². The van der Waals surface area contributed by atoms with Crippen LogP contribution in [0.4, 0.5) is 13.2 Å². The number of ether oxygens (including phenoxy) is 1. The summed E-state index contributed by atoms with van der Waals surface area (Å²) >= 11 is 0. The molecule has 0 unspecified atom stereocenters. The predicted octanol–water partition coefficient (Wildman–Crippen LogP) is 3.64. The maximum absolute atomic E-state index is 12.3. The Morgan fingerprint density at radius 3 is 2.44 bits per heavy atom. The molecule has 0 aliphatic heterocycles. The van der Waals surface area contributed by atoms with Crippen molar-refractivity contribution >= 4 is 29.9 Å². The molecule has 0 aromatic heterocycles. The molecule has 0 spiro atoms. The number of rotatable bonds is 11. The Bertz CT molecular complexity index is 416. The van der Waals surface area contributed by atoms with Crippen molar-refractivity contribution < 1.29 is 17.9 Å². The maximum atomic E-state index is 12.3. The van der Waals surface area contributed by atoms with Crippen molar-refractivity contribution in [1.82, 2.24) is 15.5 Å². The van der Waals surface area contributed by atoms with Crippen LogP contribution in [-0.4, -0.2) is 70.5 Å². The lowest BCUT2D eigenvalue weighted by Crippen LogP contribution is -2.44. The smallest absolute Gasteiger partial charge is 0.382 e. The van der Waals surface area contributed by atoms with Crippen LogP contribution in [0, 0.1) is 5.41 Å². The van der Waals surface area contributed by atoms with Crippen LogP contribution < -0.4 is 10.6 Å². The molecule has 27 heavy (non-hydrogen) atoms. The Morgan fingerprint density at radius 1 is 1.22 bits per heavy atom. The highest BCUT2D eigenvalue weighted by Gasteiger charge is 2.33. The number of aliphatic imine (C=N–C) groups is 1. The normalized spacial score (nSPS) is 17.1. The summed E-state index contributed by atoms with van der Waals surface area (Å²) < 4.78 is 42.4. The number of halogens is 4. The van der Waals surface area contributed by atoms with Gasteiger partial charge in [-0.2, -0.15) is 13.2 Å². The minimum Gasteiger partial charge on any atom is -0.382 e. The van der Waals surface area contributed by atoms with E-state index in [1.807, 2.05) is 6.92 Å². The van der Waals surface area contributed by atoms with E-state index in [9.17, 15) is 13.2 Å². The van der Waals surface area contributed by atoms with Gasteiger partial charge in [0.15, 0.2) is 5.96 Å². The van der Waals surface area contributed by atoms with Gasteiger partial charge in [0.1, 0.15) is 0 Å². The van der Waals surface area contributed by atoms with E-state index >= 15 is 0 Å². The summed E-state index contributed by atoms with van der Waals surface area (Å²) in [6, 6.07) is 0. The fourth-order valence-electron chi connectivity index (χ4n) is 3.51. The molecule has 0 radical (unpaired) electrons. The van der Waals surface area contributed by atoms with Crippen LogP contribution >= 0.6 is 24.0 Å². The summed E-state index contributed by atoms with van der Waals surface area (Å²) in [5.74, 6) is 0.714. The van der Waals surface area contributed by atoms with Gasteiger partial charge in [-0.1, -0.05) is 12.8 Å². The highest BCUT2D eigenvalue weighted by atomic mass is 127. The second-order valence-corrected chi connectivity index (χ2v) is 7.21. The first-order valence-corrected chi connectivity index (χ1v) is 9.58. The minimum absolute atomic E-state index is 0. The molecule has 9 heteroatoms. The summed E-state index contributed by atoms with van der Waals surface area (Å²) in [4.78, 5) is 5.51. The Kier molecular flexibility index (Phi) is 13.7. The van der Waals surface area contributed by atoms with E-state index in [1.165, 1.54) is 37.6 Å². The van der Waals surface area contributed by atoms with E-state index in [1.54, 1.807) is 7.05 Å². The predicted molar refractivity (Wildman–Crippen MR) is 115 cm³/mol. The number of hydrogen-bond acceptors (Lipinski definition) is 3. The first-order chi connectivity index (χ1) is 12.3. The molecule has 0 bridgehead atoms. The molecule has 1 fully saturated rings. The lowest BCUT2D eigenvalue weighted by atomic mass is 9.83. The molecular formula is C18H36F3IN4O. The van der Waals surface area contributed by atoms with Gasteiger partial charge in [-0.3, -0.25) is 9.89 Å². The zero-order chi connectivity index (χ0) is 19.5. The number of hydrogen-bond donors (Lipinski definition) is 2. The highest BCUT2D eigenvalue weighted by Crippen LogP contribution is 2.40. The SMILES string of the molecule is CCOCCC1(CNC(=NC)NCCCN(C)CC(F)(F)F)CCCC1.I. The van der Waals surface area contributed by atoms with Crippen LogP contribution in [0.25, 0.3) is 0 Å². The average molecular weight is 508 g/mol. The monoisotopic (exact) mass is 508 g/mol. The summed E-state index contributed by atoms with van der Waals surface area (Å²) in [5, 5.41) is 6.59. The Balaban J connectivity index is 0.00000676. The topological polar surface area (TPSA) is 48.9 Å². The van der Waals surface area contributed by atoms with Gasteiger partial charge in [-0.15, -0.1) is 24.0 Å². The average Bonchev–Trinajstić information content (AvgIpc) is 3.02. The highest BCUT2D eigenvalue weighted by molar-refractivity contribution is 14.0. The van der Waals surface area contributed by atoms with Crippen LogP contribution in [0.2, 0.25) is 0 Å². The van der Waals surface area contributed by atoms with Gasteiger partial charge >= 0.3 is 6.18 Å². The number of guanidine groups is 1. The zero-order valence-electron chi connectivity index (χ0n) is 16.8. The summed E-state index contributed by atoms with van der Waals surface area (Å²) in [5.41, 5.74) is 0.264. The van der Waals surface area contributed by atoms with E-state index in [-0.39, 0.29) is 29.4 Å². The molecule has 0 atom stereocenters. The van der Waals surface area contributed by atoms with Crippen molar-refractivity contribution in [3.8, 4) is 0 Å². The molecule has 0 saturated heterocycles. The molecule has 0 heterocycles. The third kappa shape index (κ3) is 12.0. The summed E-state index contributed by atoms with van der Waals surface area (Å²) in [6.45, 7) is 4.51. The van der Waals surface area contributed by atoms with Gasteiger partial charge in [0.25, 0.3) is 0 Å². The quantitative estimate of drug-likeness (QED) is 0.194. The van der Waals surface area contributed by atoms with Crippen LogP contribution in [0.1, 0.15) is 45.4 Å². The van der Waals surface area contributed by atoms with Gasteiger partial charge in [-0.05, 0) is 51.6 Å². The molecule has 0 aromatic rings. The van der Waals surface area contributed by atoms with Crippen molar-refractivity contribution in [2.45, 2.75) is 51.6 Å². The standard InChI is InChI=1S/C18H35F3N4O.HI/c1-4-26-13-10-17(8-5-6-9-17)14-24-16(22-2)23-11-7-12-25(3)15-18(19,20)21;/h4-15H2,1-3H3,(H2,22,23,24);1H. The molecule has 0 amide bonds. The molecule has 1 rings (SSSR count). The van der Waals surface area contributed by atoms with Crippen LogP contribution in [0.3, 0.4) is 0 Å². The van der Waals surface area contributed by atoms with E-state index < -0.39 is 12.7 Å². The molecule has 162 valence electrons. The lowest BCUT2D eigenvalue weighted by molar-refractivity contribution is -0.143. The molecule has 1 saturated carbocycles. The zero-order valence-corrected chi connectivity index (χ0v) is 19.2. The van der Waals surface area contributed by atoms with E-state index in [4.69, 9.17) is 4.74 Å². The van der Waals surface area contributed by atoms with Crippen LogP contribution in [0.15, 0.2) is 4.99 Å². The fraction of sp³-hybridized carbons (Fsp3) is 0.944. The molecule has 5 nitrogen and oxygen atoms in total. The number of alkyl halides is 3. The number of nitrogens with zero attached hydrogens (tertiary/aromatic N) is 2. The molecule has 1 aliphatic rings. The lowest BCUT2D eigenvalue weighted by Gasteiger charge is -2.30. The van der Waals surface area contributed by atoms with Crippen molar-refractivity contribution in [2.75, 3.05) is 53.5 Å². The van der Waals surface area contributed by atoms with Gasteiger partial charge < -0.3 is 15.4 Å². The van der Waals surface area contributed by atoms with Crippen molar-refractivity contribution in [2.24, 2.45) is 10.4 Å². The Labute approximate surface area is 178 Å². The van der Waals surface area contributed by atoms with Gasteiger partial charge in [0.05, 0.1) is 6.54 Å². The van der Waals surface area contributed by atoms with Crippen LogP contribution in [0.5, 0.6) is 0 Å². The summed E-state index contributed by atoms with van der Waals surface area (Å²) in [6.07, 6.45) is 2.45. The molecule has 1 aliphatic carbocycles.